The molecule has 0 atom stereocenters. The fourth-order valence-corrected chi connectivity index (χ4v) is 3.08. The summed E-state index contributed by atoms with van der Waals surface area (Å²) in [5.74, 6) is 0.120. The minimum Gasteiger partial charge on any atom is -0.497 e. The summed E-state index contributed by atoms with van der Waals surface area (Å²) in [6, 6.07) is 7.99. The Bertz CT molecular complexity index is 1080. The number of fused-ring (bicyclic) bond motifs is 1. The summed E-state index contributed by atoms with van der Waals surface area (Å²) in [5, 5.41) is 11.4. The topological polar surface area (TPSA) is 99.4 Å². The van der Waals surface area contributed by atoms with Gasteiger partial charge < -0.3 is 20.5 Å². The number of benzene rings is 2. The van der Waals surface area contributed by atoms with E-state index in [0.717, 1.165) is 12.8 Å². The van der Waals surface area contributed by atoms with E-state index in [-0.39, 0.29) is 34.4 Å². The molecule has 4 rings (SSSR count). The summed E-state index contributed by atoms with van der Waals surface area (Å²) in [6.07, 6.45) is 1.89. The molecule has 8 heteroatoms. The summed E-state index contributed by atoms with van der Waals surface area (Å²) in [7, 11) is 3.02. The van der Waals surface area contributed by atoms with Gasteiger partial charge in [-0.05, 0) is 37.1 Å². The van der Waals surface area contributed by atoms with E-state index < -0.39 is 5.82 Å². The first-order valence-corrected chi connectivity index (χ1v) is 8.81. The number of ether oxygens (including phenoxy) is 2. The van der Waals surface area contributed by atoms with Crippen LogP contribution in [0.4, 0.5) is 10.1 Å². The monoisotopic (exact) mass is 382 g/mol. The van der Waals surface area contributed by atoms with Crippen molar-refractivity contribution in [1.29, 1.82) is 0 Å². The number of rotatable bonds is 5. The van der Waals surface area contributed by atoms with Crippen LogP contribution in [0.2, 0.25) is 0 Å². The lowest BCUT2D eigenvalue weighted by atomic mass is 9.99. The van der Waals surface area contributed by atoms with Gasteiger partial charge in [0.2, 0.25) is 0 Å². The molecule has 1 aliphatic carbocycles. The molecule has 0 aliphatic heterocycles. The Hall–Kier alpha value is -3.42. The van der Waals surface area contributed by atoms with Crippen molar-refractivity contribution in [2.45, 2.75) is 18.9 Å². The Kier molecular flexibility index (Phi) is 4.46. The number of amides is 1. The van der Waals surface area contributed by atoms with Crippen LogP contribution in [-0.4, -0.2) is 36.4 Å². The number of aromatic nitrogens is 2. The fraction of sp³-hybridized carbons (Fsp3) is 0.250. The van der Waals surface area contributed by atoms with E-state index in [1.165, 1.54) is 26.4 Å². The van der Waals surface area contributed by atoms with Crippen molar-refractivity contribution >= 4 is 22.5 Å². The summed E-state index contributed by atoms with van der Waals surface area (Å²) >= 11 is 0. The van der Waals surface area contributed by atoms with Crippen molar-refractivity contribution in [2.75, 3.05) is 20.0 Å². The van der Waals surface area contributed by atoms with Gasteiger partial charge in [-0.15, -0.1) is 10.2 Å². The standard InChI is InChI=1S/C20H19FN4O3/c1-27-11-5-6-12(15(9-11)28-2)16-14(21)8-7-13-17(22)19(25-24-18(13)16)20(26)23-10-3-4-10/h5-10H,3-4H2,1-2H3,(H2,22,24)(H,23,26). The highest BCUT2D eigenvalue weighted by atomic mass is 19.1. The minimum atomic E-state index is -0.500. The second kappa shape index (κ2) is 6.95. The van der Waals surface area contributed by atoms with E-state index in [9.17, 15) is 9.18 Å². The second-order valence-corrected chi connectivity index (χ2v) is 6.59. The van der Waals surface area contributed by atoms with Gasteiger partial charge in [0.05, 0.1) is 19.9 Å². The minimum absolute atomic E-state index is 0.0404. The molecule has 144 valence electrons. The third-order valence-electron chi connectivity index (χ3n) is 4.73. The first-order valence-electron chi connectivity index (χ1n) is 8.81. The average molecular weight is 382 g/mol. The highest BCUT2D eigenvalue weighted by Gasteiger charge is 2.27. The van der Waals surface area contributed by atoms with Gasteiger partial charge in [-0.3, -0.25) is 4.79 Å². The van der Waals surface area contributed by atoms with Gasteiger partial charge in [0.1, 0.15) is 22.8 Å². The van der Waals surface area contributed by atoms with Crippen molar-refractivity contribution < 1.29 is 18.7 Å². The molecule has 7 nitrogen and oxygen atoms in total. The van der Waals surface area contributed by atoms with Gasteiger partial charge >= 0.3 is 0 Å². The third-order valence-corrected chi connectivity index (χ3v) is 4.73. The number of hydrogen-bond donors (Lipinski definition) is 2. The zero-order valence-electron chi connectivity index (χ0n) is 15.5. The van der Waals surface area contributed by atoms with Gasteiger partial charge in [0.15, 0.2) is 5.69 Å². The molecule has 0 unspecified atom stereocenters. The quantitative estimate of drug-likeness (QED) is 0.704. The first kappa shape index (κ1) is 18.0. The molecular formula is C20H19FN4O3. The molecular weight excluding hydrogens is 363 g/mol. The molecule has 1 amide bonds. The van der Waals surface area contributed by atoms with Crippen LogP contribution in [0.1, 0.15) is 23.3 Å². The SMILES string of the molecule is COc1ccc(-c2c(F)ccc3c(N)c(C(=O)NC4CC4)nnc23)c(OC)c1. The van der Waals surface area contributed by atoms with Gasteiger partial charge in [0, 0.05) is 28.6 Å². The second-order valence-electron chi connectivity index (χ2n) is 6.59. The Morgan fingerprint density at radius 3 is 2.64 bits per heavy atom. The van der Waals surface area contributed by atoms with Crippen LogP contribution in [0.5, 0.6) is 11.5 Å². The predicted octanol–water partition coefficient (Wildman–Crippen LogP) is 2.93. The normalized spacial score (nSPS) is 13.4. The van der Waals surface area contributed by atoms with Crippen LogP contribution in [0.3, 0.4) is 0 Å². The van der Waals surface area contributed by atoms with Crippen LogP contribution < -0.4 is 20.5 Å². The molecule has 1 heterocycles. The van der Waals surface area contributed by atoms with E-state index in [0.29, 0.717) is 22.4 Å². The summed E-state index contributed by atoms with van der Waals surface area (Å²) < 4.78 is 25.4. The van der Waals surface area contributed by atoms with Gasteiger partial charge in [0.25, 0.3) is 5.91 Å². The van der Waals surface area contributed by atoms with Crippen LogP contribution in [0.15, 0.2) is 30.3 Å². The molecule has 28 heavy (non-hydrogen) atoms. The largest absolute Gasteiger partial charge is 0.497 e. The van der Waals surface area contributed by atoms with E-state index in [1.807, 2.05) is 0 Å². The Morgan fingerprint density at radius 2 is 1.96 bits per heavy atom. The number of carbonyl (C=O) groups excluding carboxylic acids is 1. The van der Waals surface area contributed by atoms with Crippen molar-refractivity contribution in [3.8, 4) is 22.6 Å². The Labute approximate surface area is 160 Å². The van der Waals surface area contributed by atoms with E-state index in [2.05, 4.69) is 15.5 Å². The summed E-state index contributed by atoms with van der Waals surface area (Å²) in [5.41, 5.74) is 7.33. The molecule has 0 saturated heterocycles. The zero-order chi connectivity index (χ0) is 19.8. The molecule has 1 saturated carbocycles. The average Bonchev–Trinajstić information content (AvgIpc) is 3.51. The van der Waals surface area contributed by atoms with E-state index in [1.54, 1.807) is 18.2 Å². The Morgan fingerprint density at radius 1 is 1.18 bits per heavy atom. The van der Waals surface area contributed by atoms with E-state index in [4.69, 9.17) is 15.2 Å². The number of hydrogen-bond acceptors (Lipinski definition) is 6. The maximum Gasteiger partial charge on any atom is 0.274 e. The van der Waals surface area contributed by atoms with Crippen molar-refractivity contribution in [3.63, 3.8) is 0 Å². The number of anilines is 1. The van der Waals surface area contributed by atoms with Crippen molar-refractivity contribution in [1.82, 2.24) is 15.5 Å². The molecule has 0 bridgehead atoms. The lowest BCUT2D eigenvalue weighted by Crippen LogP contribution is -2.27. The van der Waals surface area contributed by atoms with Crippen molar-refractivity contribution in [2.24, 2.45) is 0 Å². The molecule has 2 aromatic carbocycles. The van der Waals surface area contributed by atoms with Crippen LogP contribution >= 0.6 is 0 Å². The van der Waals surface area contributed by atoms with Crippen LogP contribution in [-0.2, 0) is 0 Å². The van der Waals surface area contributed by atoms with Crippen LogP contribution in [0.25, 0.3) is 22.0 Å². The number of nitrogen functional groups attached to an aromatic ring is 1. The van der Waals surface area contributed by atoms with Crippen LogP contribution in [0, 0.1) is 5.82 Å². The maximum atomic E-state index is 14.8. The number of carbonyl (C=O) groups is 1. The molecule has 1 fully saturated rings. The highest BCUT2D eigenvalue weighted by molar-refractivity contribution is 6.08. The zero-order valence-corrected chi connectivity index (χ0v) is 15.5. The molecule has 3 N–H and O–H groups in total. The van der Waals surface area contributed by atoms with Gasteiger partial charge in [-0.2, -0.15) is 0 Å². The van der Waals surface area contributed by atoms with E-state index >= 15 is 0 Å². The third kappa shape index (κ3) is 3.06. The van der Waals surface area contributed by atoms with Gasteiger partial charge in [-0.25, -0.2) is 4.39 Å². The lowest BCUT2D eigenvalue weighted by molar-refractivity contribution is 0.0946. The Balaban J connectivity index is 1.89. The summed E-state index contributed by atoms with van der Waals surface area (Å²) in [6.45, 7) is 0. The molecule has 1 aromatic heterocycles. The number of methoxy groups -OCH3 is 2. The lowest BCUT2D eigenvalue weighted by Gasteiger charge is -2.14. The predicted molar refractivity (Wildman–Crippen MR) is 103 cm³/mol. The van der Waals surface area contributed by atoms with Gasteiger partial charge in [-0.1, -0.05) is 0 Å². The number of nitrogens with two attached hydrogens (primary N) is 1. The summed E-state index contributed by atoms with van der Waals surface area (Å²) in [4.78, 5) is 12.4. The van der Waals surface area contributed by atoms with Crippen molar-refractivity contribution in [3.05, 3.63) is 41.8 Å². The highest BCUT2D eigenvalue weighted by Crippen LogP contribution is 2.39. The first-order chi connectivity index (χ1) is 13.5. The fourth-order valence-electron chi connectivity index (χ4n) is 3.08. The molecule has 0 radical (unpaired) electrons. The molecule has 0 spiro atoms. The molecule has 3 aromatic rings. The number of nitrogens with one attached hydrogen (secondary N) is 1. The molecule has 1 aliphatic rings. The number of nitrogens with zero attached hydrogens (tertiary/aromatic N) is 2. The smallest absolute Gasteiger partial charge is 0.274 e. The maximum absolute atomic E-state index is 14.8. The number of halogens is 1.